The Morgan fingerprint density at radius 2 is 1.91 bits per heavy atom. The Morgan fingerprint density at radius 3 is 2.69 bits per heavy atom. The van der Waals surface area contributed by atoms with Crippen molar-refractivity contribution in [1.29, 1.82) is 0 Å². The van der Waals surface area contributed by atoms with E-state index in [9.17, 15) is 0 Å². The lowest BCUT2D eigenvalue weighted by atomic mass is 9.94. The predicted molar refractivity (Wildman–Crippen MR) is 133 cm³/mol. The first-order valence-corrected chi connectivity index (χ1v) is 11.7. The number of nitrogens with one attached hydrogen (secondary N) is 1. The molecule has 0 spiro atoms. The van der Waals surface area contributed by atoms with Gasteiger partial charge in [0.25, 0.3) is 5.89 Å². The summed E-state index contributed by atoms with van der Waals surface area (Å²) in [6, 6.07) is 13.2. The molecule has 10 heteroatoms. The number of benzene rings is 2. The summed E-state index contributed by atoms with van der Waals surface area (Å²) in [5.41, 5.74) is 3.59. The third-order valence-corrected chi connectivity index (χ3v) is 6.40. The van der Waals surface area contributed by atoms with Crippen molar-refractivity contribution in [2.24, 2.45) is 0 Å². The summed E-state index contributed by atoms with van der Waals surface area (Å²) in [4.78, 5) is 6.80. The van der Waals surface area contributed by atoms with Crippen LogP contribution in [0.1, 0.15) is 30.8 Å². The molecule has 2 aromatic carbocycles. The molecule has 2 aliphatic heterocycles. The van der Waals surface area contributed by atoms with Crippen molar-refractivity contribution < 1.29 is 23.5 Å². The van der Waals surface area contributed by atoms with E-state index in [1.807, 2.05) is 54.3 Å². The van der Waals surface area contributed by atoms with Crippen molar-refractivity contribution in [3.05, 3.63) is 59.6 Å². The summed E-state index contributed by atoms with van der Waals surface area (Å²) in [6.45, 7) is 3.57. The summed E-state index contributed by atoms with van der Waals surface area (Å²) in [5, 5.41) is 8.36. The van der Waals surface area contributed by atoms with Crippen LogP contribution in [-0.2, 0) is 4.74 Å². The highest BCUT2D eigenvalue weighted by Crippen LogP contribution is 2.39. The molecule has 1 unspecified atom stereocenters. The van der Waals surface area contributed by atoms with E-state index >= 15 is 0 Å². The average molecular weight is 495 g/mol. The smallest absolute Gasteiger partial charge is 0.258 e. The molecule has 0 saturated heterocycles. The number of methoxy groups -OCH3 is 2. The fourth-order valence-corrected chi connectivity index (χ4v) is 4.57. The highest BCUT2D eigenvalue weighted by molar-refractivity contribution is 7.80. The lowest BCUT2D eigenvalue weighted by Gasteiger charge is -2.37. The van der Waals surface area contributed by atoms with Gasteiger partial charge in [0.15, 0.2) is 16.6 Å². The number of hydrogen-bond acceptors (Lipinski definition) is 8. The zero-order valence-electron chi connectivity index (χ0n) is 19.7. The van der Waals surface area contributed by atoms with Crippen LogP contribution in [0.4, 0.5) is 0 Å². The van der Waals surface area contributed by atoms with Crippen LogP contribution in [0.15, 0.2) is 52.7 Å². The standard InChI is InChI=1S/C25H26N4O5S/c1-15-21(24-27-23(28-34-24)17-7-10-19-20(13-17)33-14-32-19)22(16-5-8-18(31-3)9-6-16)26-25(35)29(15)11-4-12-30-2/h5-10,13,22H,4,11-12,14H2,1-3H3,(H,26,35). The molecular formula is C25H26N4O5S. The average Bonchev–Trinajstić information content (AvgIpc) is 3.55. The summed E-state index contributed by atoms with van der Waals surface area (Å²) in [6.07, 6.45) is 0.822. The second-order valence-electron chi connectivity index (χ2n) is 8.14. The molecular weight excluding hydrogens is 468 g/mol. The van der Waals surface area contributed by atoms with Gasteiger partial charge in [-0.05, 0) is 61.5 Å². The SMILES string of the molecule is COCCCN1C(=S)NC(c2ccc(OC)cc2)C(c2nc(-c3ccc4c(c3)OCO4)no2)=C1C. The normalized spacial score (nSPS) is 17.1. The molecule has 1 N–H and O–H groups in total. The van der Waals surface area contributed by atoms with Crippen molar-refractivity contribution in [2.45, 2.75) is 19.4 Å². The minimum atomic E-state index is -0.267. The number of fused-ring (bicyclic) bond motifs is 1. The number of nitrogens with zero attached hydrogens (tertiary/aromatic N) is 3. The quantitative estimate of drug-likeness (QED) is 0.363. The third-order valence-electron chi connectivity index (χ3n) is 6.06. The molecule has 1 aromatic heterocycles. The molecule has 0 bridgehead atoms. The van der Waals surface area contributed by atoms with Gasteiger partial charge in [-0.15, -0.1) is 0 Å². The van der Waals surface area contributed by atoms with Gasteiger partial charge in [-0.25, -0.2) is 0 Å². The van der Waals surface area contributed by atoms with Gasteiger partial charge in [0, 0.05) is 31.5 Å². The number of allylic oxidation sites excluding steroid dienone is 1. The molecule has 0 radical (unpaired) electrons. The van der Waals surface area contributed by atoms with Crippen LogP contribution < -0.4 is 19.5 Å². The summed E-state index contributed by atoms with van der Waals surface area (Å²) in [7, 11) is 3.34. The van der Waals surface area contributed by atoms with Crippen LogP contribution in [0.3, 0.4) is 0 Å². The van der Waals surface area contributed by atoms with Gasteiger partial charge in [0.1, 0.15) is 5.75 Å². The molecule has 9 nitrogen and oxygen atoms in total. The second kappa shape index (κ2) is 9.93. The molecule has 0 aliphatic carbocycles. The summed E-state index contributed by atoms with van der Waals surface area (Å²) >= 11 is 5.73. The maximum absolute atomic E-state index is 5.80. The first kappa shape index (κ1) is 23.1. The fraction of sp³-hybridized carbons (Fsp3) is 0.320. The van der Waals surface area contributed by atoms with Crippen LogP contribution >= 0.6 is 12.2 Å². The van der Waals surface area contributed by atoms with Crippen molar-refractivity contribution in [3.8, 4) is 28.6 Å². The van der Waals surface area contributed by atoms with Gasteiger partial charge < -0.3 is 33.7 Å². The molecule has 5 rings (SSSR count). The summed E-state index contributed by atoms with van der Waals surface area (Å²) in [5.74, 6) is 3.02. The first-order valence-electron chi connectivity index (χ1n) is 11.2. The molecule has 182 valence electrons. The molecule has 0 amide bonds. The van der Waals surface area contributed by atoms with Crippen LogP contribution in [0, 0.1) is 0 Å². The Labute approximate surface area is 208 Å². The van der Waals surface area contributed by atoms with Crippen molar-refractivity contribution in [3.63, 3.8) is 0 Å². The number of ether oxygens (including phenoxy) is 4. The van der Waals surface area contributed by atoms with Crippen molar-refractivity contribution in [1.82, 2.24) is 20.4 Å². The highest BCUT2D eigenvalue weighted by atomic mass is 32.1. The number of hydrogen-bond donors (Lipinski definition) is 1. The topological polar surface area (TPSA) is 91.1 Å². The van der Waals surface area contributed by atoms with Crippen molar-refractivity contribution >= 4 is 22.9 Å². The fourth-order valence-electron chi connectivity index (χ4n) is 4.23. The summed E-state index contributed by atoms with van der Waals surface area (Å²) < 4.78 is 27.3. The first-order chi connectivity index (χ1) is 17.1. The molecule has 0 saturated carbocycles. The highest BCUT2D eigenvalue weighted by Gasteiger charge is 2.34. The van der Waals surface area contributed by atoms with Crippen LogP contribution in [-0.4, -0.2) is 54.3 Å². The van der Waals surface area contributed by atoms with E-state index in [4.69, 9.17) is 40.7 Å². The maximum atomic E-state index is 5.80. The van der Waals surface area contributed by atoms with Gasteiger partial charge in [-0.2, -0.15) is 4.98 Å². The van der Waals surface area contributed by atoms with E-state index in [0.29, 0.717) is 41.5 Å². The molecule has 3 aromatic rings. The Morgan fingerprint density at radius 1 is 1.11 bits per heavy atom. The Bertz CT molecular complexity index is 1260. The lowest BCUT2D eigenvalue weighted by molar-refractivity contribution is 0.174. The van der Waals surface area contributed by atoms with Gasteiger partial charge in [-0.3, -0.25) is 0 Å². The van der Waals surface area contributed by atoms with E-state index in [2.05, 4.69) is 10.5 Å². The molecule has 35 heavy (non-hydrogen) atoms. The van der Waals surface area contributed by atoms with Gasteiger partial charge in [0.05, 0.1) is 18.7 Å². The number of rotatable bonds is 8. The third kappa shape index (κ3) is 4.54. The minimum Gasteiger partial charge on any atom is -0.497 e. The molecule has 0 fully saturated rings. The van der Waals surface area contributed by atoms with Crippen LogP contribution in [0.25, 0.3) is 17.0 Å². The van der Waals surface area contributed by atoms with E-state index in [0.717, 1.165) is 34.6 Å². The second-order valence-corrected chi connectivity index (χ2v) is 8.53. The Balaban J connectivity index is 1.54. The van der Waals surface area contributed by atoms with E-state index < -0.39 is 0 Å². The molecule has 3 heterocycles. The van der Waals surface area contributed by atoms with Gasteiger partial charge >= 0.3 is 0 Å². The maximum Gasteiger partial charge on any atom is 0.258 e. The zero-order chi connectivity index (χ0) is 24.4. The number of thiocarbonyl (C=S) groups is 1. The zero-order valence-corrected chi connectivity index (χ0v) is 20.6. The van der Waals surface area contributed by atoms with Crippen molar-refractivity contribution in [2.75, 3.05) is 34.2 Å². The largest absolute Gasteiger partial charge is 0.497 e. The van der Waals surface area contributed by atoms with E-state index in [1.54, 1.807) is 14.2 Å². The van der Waals surface area contributed by atoms with E-state index in [1.165, 1.54) is 0 Å². The van der Waals surface area contributed by atoms with Gasteiger partial charge in [0.2, 0.25) is 12.6 Å². The molecule has 2 aliphatic rings. The predicted octanol–water partition coefficient (Wildman–Crippen LogP) is 4.17. The lowest BCUT2D eigenvalue weighted by Crippen LogP contribution is -2.46. The minimum absolute atomic E-state index is 0.205. The van der Waals surface area contributed by atoms with Gasteiger partial charge in [-0.1, -0.05) is 17.3 Å². The van der Waals surface area contributed by atoms with Crippen LogP contribution in [0.5, 0.6) is 17.2 Å². The Kier molecular flexibility index (Phi) is 6.56. The number of aromatic nitrogens is 2. The van der Waals surface area contributed by atoms with E-state index in [-0.39, 0.29) is 12.8 Å². The monoisotopic (exact) mass is 494 g/mol. The van der Waals surface area contributed by atoms with Crippen LogP contribution in [0.2, 0.25) is 0 Å². The molecule has 1 atom stereocenters. The Hall–Kier alpha value is -3.63.